The van der Waals surface area contributed by atoms with Crippen molar-refractivity contribution in [3.8, 4) is 0 Å². The lowest BCUT2D eigenvalue weighted by atomic mass is 9.90. The van der Waals surface area contributed by atoms with E-state index >= 15 is 0 Å². The molecule has 1 aromatic heterocycles. The zero-order valence-electron chi connectivity index (χ0n) is 19.9. The third-order valence-electron chi connectivity index (χ3n) is 6.61. The van der Waals surface area contributed by atoms with E-state index in [0.29, 0.717) is 19.4 Å². The van der Waals surface area contributed by atoms with E-state index in [1.807, 2.05) is 37.5 Å². The fourth-order valence-corrected chi connectivity index (χ4v) is 4.64. The molecule has 4 rings (SSSR count). The van der Waals surface area contributed by atoms with E-state index in [9.17, 15) is 9.59 Å². The number of anilines is 1. The van der Waals surface area contributed by atoms with Crippen LogP contribution in [0.25, 0.3) is 0 Å². The highest BCUT2D eigenvalue weighted by atomic mass is 16.2. The highest BCUT2D eigenvalue weighted by Crippen LogP contribution is 2.34. The molecular formula is C26H34N4O2. The van der Waals surface area contributed by atoms with Crippen LogP contribution in [0, 0.1) is 19.3 Å². The van der Waals surface area contributed by atoms with Gasteiger partial charge in [-0.15, -0.1) is 0 Å². The van der Waals surface area contributed by atoms with Crippen molar-refractivity contribution >= 4 is 17.6 Å². The topological polar surface area (TPSA) is 66.4 Å². The van der Waals surface area contributed by atoms with Crippen LogP contribution >= 0.6 is 0 Å². The number of amides is 2. The maximum atomic E-state index is 12.9. The Labute approximate surface area is 191 Å². The van der Waals surface area contributed by atoms with Gasteiger partial charge in [0.1, 0.15) is 11.6 Å². The van der Waals surface area contributed by atoms with Crippen LogP contribution < -0.4 is 4.90 Å². The minimum atomic E-state index is -0.359. The Balaban J connectivity index is 1.57. The van der Waals surface area contributed by atoms with Crippen molar-refractivity contribution in [2.45, 2.75) is 72.8 Å². The Bertz CT molecular complexity index is 1020. The molecule has 0 saturated carbocycles. The van der Waals surface area contributed by atoms with E-state index in [2.05, 4.69) is 31.2 Å². The van der Waals surface area contributed by atoms with Gasteiger partial charge in [0.05, 0.1) is 6.54 Å². The molecule has 1 fully saturated rings. The maximum absolute atomic E-state index is 12.9. The first-order valence-corrected chi connectivity index (χ1v) is 11.7. The molecule has 6 heteroatoms. The zero-order valence-corrected chi connectivity index (χ0v) is 19.9. The summed E-state index contributed by atoms with van der Waals surface area (Å²) in [7, 11) is 0. The first kappa shape index (κ1) is 22.4. The third kappa shape index (κ3) is 4.54. The number of piperidine rings is 1. The Morgan fingerprint density at radius 1 is 1.03 bits per heavy atom. The summed E-state index contributed by atoms with van der Waals surface area (Å²) in [6.07, 6.45) is 2.90. The number of aromatic nitrogens is 2. The Kier molecular flexibility index (Phi) is 6.06. The molecule has 2 aliphatic rings. The van der Waals surface area contributed by atoms with Gasteiger partial charge in [-0.3, -0.25) is 14.5 Å². The first-order valence-electron chi connectivity index (χ1n) is 11.7. The van der Waals surface area contributed by atoms with Crippen molar-refractivity contribution < 1.29 is 9.59 Å². The molecule has 6 nitrogen and oxygen atoms in total. The lowest BCUT2D eigenvalue weighted by Gasteiger charge is -2.36. The van der Waals surface area contributed by atoms with Gasteiger partial charge >= 0.3 is 0 Å². The molecule has 3 heterocycles. The van der Waals surface area contributed by atoms with Gasteiger partial charge in [0.2, 0.25) is 11.8 Å². The van der Waals surface area contributed by atoms with Gasteiger partial charge in [-0.2, -0.15) is 0 Å². The third-order valence-corrected chi connectivity index (χ3v) is 6.61. The number of aryl methyl sites for hydroxylation is 2. The van der Waals surface area contributed by atoms with Crippen molar-refractivity contribution in [3.63, 3.8) is 0 Å². The van der Waals surface area contributed by atoms with E-state index in [1.54, 1.807) is 0 Å². The van der Waals surface area contributed by atoms with Crippen molar-refractivity contribution in [2.75, 3.05) is 18.0 Å². The van der Waals surface area contributed by atoms with Gasteiger partial charge in [0.25, 0.3) is 0 Å². The quantitative estimate of drug-likeness (QED) is 0.721. The molecular weight excluding hydrogens is 400 g/mol. The molecule has 1 saturated heterocycles. The number of carbonyl (C=O) groups is 2. The van der Waals surface area contributed by atoms with E-state index < -0.39 is 0 Å². The second-order valence-corrected chi connectivity index (χ2v) is 10.3. The molecule has 0 N–H and O–H groups in total. The lowest BCUT2D eigenvalue weighted by Crippen LogP contribution is -2.44. The van der Waals surface area contributed by atoms with E-state index in [1.165, 1.54) is 5.56 Å². The van der Waals surface area contributed by atoms with Gasteiger partial charge < -0.3 is 4.90 Å². The summed E-state index contributed by atoms with van der Waals surface area (Å²) < 4.78 is 0. The Morgan fingerprint density at radius 2 is 1.69 bits per heavy atom. The SMILES string of the molecule is Cc1ccc(CN2C(=O)CCc3c(C)nc(C4CCN(C(=O)C(C)(C)C)CC4)nc32)cc1. The standard InChI is InChI=1S/C26H34N4O2/c1-17-6-8-19(9-7-17)16-30-22(31)11-10-21-18(2)27-23(28-24(21)30)20-12-14-29(15-13-20)25(32)26(3,4)5/h6-9,20H,10-16H2,1-5H3. The van der Waals surface area contributed by atoms with Crippen molar-refractivity contribution in [3.05, 3.63) is 52.5 Å². The lowest BCUT2D eigenvalue weighted by molar-refractivity contribution is -0.140. The minimum Gasteiger partial charge on any atom is -0.342 e. The largest absolute Gasteiger partial charge is 0.342 e. The van der Waals surface area contributed by atoms with Crippen LogP contribution in [0.2, 0.25) is 0 Å². The van der Waals surface area contributed by atoms with Crippen LogP contribution in [0.3, 0.4) is 0 Å². The zero-order chi connectivity index (χ0) is 23.0. The second kappa shape index (κ2) is 8.64. The monoisotopic (exact) mass is 434 g/mol. The number of hydrogen-bond donors (Lipinski definition) is 0. The van der Waals surface area contributed by atoms with Gasteiger partial charge in [-0.05, 0) is 38.7 Å². The van der Waals surface area contributed by atoms with Gasteiger partial charge in [0.15, 0.2) is 0 Å². The van der Waals surface area contributed by atoms with E-state index in [-0.39, 0.29) is 23.1 Å². The number of nitrogens with zero attached hydrogens (tertiary/aromatic N) is 4. The van der Waals surface area contributed by atoms with Gasteiger partial charge in [-0.25, -0.2) is 9.97 Å². The molecule has 32 heavy (non-hydrogen) atoms. The molecule has 2 amide bonds. The molecule has 1 aromatic carbocycles. The van der Waals surface area contributed by atoms with Crippen LogP contribution in [-0.2, 0) is 22.6 Å². The summed E-state index contributed by atoms with van der Waals surface area (Å²) in [5, 5.41) is 0. The Morgan fingerprint density at radius 3 is 2.31 bits per heavy atom. The molecule has 2 aliphatic heterocycles. The van der Waals surface area contributed by atoms with Crippen molar-refractivity contribution in [1.82, 2.24) is 14.9 Å². The molecule has 0 spiro atoms. The molecule has 0 aliphatic carbocycles. The molecule has 0 bridgehead atoms. The summed E-state index contributed by atoms with van der Waals surface area (Å²) in [5.74, 6) is 2.12. The highest BCUT2D eigenvalue weighted by Gasteiger charge is 2.33. The number of hydrogen-bond acceptors (Lipinski definition) is 4. The normalized spacial score (nSPS) is 17.5. The minimum absolute atomic E-state index is 0.118. The molecule has 0 unspecified atom stereocenters. The second-order valence-electron chi connectivity index (χ2n) is 10.3. The van der Waals surface area contributed by atoms with Crippen LogP contribution in [-0.4, -0.2) is 39.8 Å². The Hall–Kier alpha value is -2.76. The fourth-order valence-electron chi connectivity index (χ4n) is 4.64. The van der Waals surface area contributed by atoms with Crippen molar-refractivity contribution in [2.24, 2.45) is 5.41 Å². The average Bonchev–Trinajstić information content (AvgIpc) is 2.76. The number of fused-ring (bicyclic) bond motifs is 1. The summed E-state index contributed by atoms with van der Waals surface area (Å²) in [6, 6.07) is 8.31. The fraction of sp³-hybridized carbons (Fsp3) is 0.538. The highest BCUT2D eigenvalue weighted by molar-refractivity contribution is 5.95. The molecule has 170 valence electrons. The van der Waals surface area contributed by atoms with Gasteiger partial charge in [0, 0.05) is 42.1 Å². The summed E-state index contributed by atoms with van der Waals surface area (Å²) >= 11 is 0. The molecule has 0 atom stereocenters. The number of benzene rings is 1. The first-order chi connectivity index (χ1) is 15.1. The van der Waals surface area contributed by atoms with Crippen LogP contribution in [0.1, 0.15) is 74.2 Å². The summed E-state index contributed by atoms with van der Waals surface area (Å²) in [4.78, 5) is 39.1. The predicted octanol–water partition coefficient (Wildman–Crippen LogP) is 4.32. The van der Waals surface area contributed by atoms with E-state index in [4.69, 9.17) is 9.97 Å². The number of carbonyl (C=O) groups excluding carboxylic acids is 2. The smallest absolute Gasteiger partial charge is 0.228 e. The predicted molar refractivity (Wildman–Crippen MR) is 125 cm³/mol. The van der Waals surface area contributed by atoms with Crippen LogP contribution in [0.4, 0.5) is 5.82 Å². The maximum Gasteiger partial charge on any atom is 0.228 e. The van der Waals surface area contributed by atoms with Crippen LogP contribution in [0.5, 0.6) is 0 Å². The number of rotatable bonds is 3. The summed E-state index contributed by atoms with van der Waals surface area (Å²) in [6.45, 7) is 12.0. The molecule has 2 aromatic rings. The summed E-state index contributed by atoms with van der Waals surface area (Å²) in [5.41, 5.74) is 4.00. The van der Waals surface area contributed by atoms with E-state index in [0.717, 1.165) is 54.4 Å². The van der Waals surface area contributed by atoms with Gasteiger partial charge in [-0.1, -0.05) is 50.6 Å². The number of likely N-dealkylation sites (tertiary alicyclic amines) is 1. The van der Waals surface area contributed by atoms with Crippen LogP contribution in [0.15, 0.2) is 24.3 Å². The van der Waals surface area contributed by atoms with Crippen molar-refractivity contribution in [1.29, 1.82) is 0 Å². The average molecular weight is 435 g/mol. The molecule has 0 radical (unpaired) electrons.